The van der Waals surface area contributed by atoms with Crippen molar-refractivity contribution in [2.24, 2.45) is 17.8 Å². The number of nitrogens with zero attached hydrogens (tertiary/aromatic N) is 1. The van der Waals surface area contributed by atoms with Crippen molar-refractivity contribution < 1.29 is 24.3 Å². The van der Waals surface area contributed by atoms with E-state index in [1.807, 2.05) is 12.1 Å². The highest BCUT2D eigenvalue weighted by molar-refractivity contribution is 9.10. The van der Waals surface area contributed by atoms with Gasteiger partial charge in [0.25, 0.3) is 0 Å². The molecule has 7 heteroatoms. The fraction of sp³-hybridized carbons (Fsp3) is 0.241. The van der Waals surface area contributed by atoms with E-state index in [1.165, 1.54) is 11.0 Å². The van der Waals surface area contributed by atoms with E-state index in [0.29, 0.717) is 34.4 Å². The number of amides is 2. The lowest BCUT2D eigenvalue weighted by Gasteiger charge is -2.42. The van der Waals surface area contributed by atoms with Crippen LogP contribution >= 0.6 is 15.9 Å². The van der Waals surface area contributed by atoms with Crippen molar-refractivity contribution in [2.75, 3.05) is 4.90 Å². The molecule has 4 aliphatic rings. The fourth-order valence-corrected chi connectivity index (χ4v) is 6.55. The monoisotopic (exact) mass is 543 g/mol. The summed E-state index contributed by atoms with van der Waals surface area (Å²) in [4.78, 5) is 55.0. The van der Waals surface area contributed by atoms with Crippen LogP contribution in [0.5, 0.6) is 5.75 Å². The fourth-order valence-electron chi connectivity index (χ4n) is 6.29. The summed E-state index contributed by atoms with van der Waals surface area (Å²) in [6.07, 6.45) is 3.96. The highest BCUT2D eigenvalue weighted by Crippen LogP contribution is 2.55. The van der Waals surface area contributed by atoms with Gasteiger partial charge in [-0.3, -0.25) is 24.1 Å². The van der Waals surface area contributed by atoms with Crippen molar-refractivity contribution in [2.45, 2.75) is 25.7 Å². The third-order valence-electron chi connectivity index (χ3n) is 7.85. The van der Waals surface area contributed by atoms with Crippen LogP contribution in [0.25, 0.3) is 0 Å². The smallest absolute Gasteiger partial charge is 0.238 e. The largest absolute Gasteiger partial charge is 0.508 e. The molecule has 4 atom stereocenters. The molecule has 6 rings (SSSR count). The van der Waals surface area contributed by atoms with Gasteiger partial charge in [-0.25, -0.2) is 0 Å². The maximum Gasteiger partial charge on any atom is 0.238 e. The van der Waals surface area contributed by atoms with E-state index in [-0.39, 0.29) is 35.6 Å². The van der Waals surface area contributed by atoms with Crippen LogP contribution in [-0.2, 0) is 19.2 Å². The van der Waals surface area contributed by atoms with E-state index in [1.54, 1.807) is 49.4 Å². The van der Waals surface area contributed by atoms with Crippen LogP contribution in [0.15, 0.2) is 87.4 Å². The molecule has 180 valence electrons. The number of carbonyl (C=O) groups excluding carboxylic acids is 4. The third kappa shape index (κ3) is 3.29. The molecular formula is C29H22BrNO5. The molecule has 0 saturated carbocycles. The van der Waals surface area contributed by atoms with Gasteiger partial charge in [-0.2, -0.15) is 0 Å². The Morgan fingerprint density at radius 1 is 0.972 bits per heavy atom. The first kappa shape index (κ1) is 22.9. The van der Waals surface area contributed by atoms with Gasteiger partial charge in [0.1, 0.15) is 5.75 Å². The summed E-state index contributed by atoms with van der Waals surface area (Å²) in [5, 5.41) is 10.2. The Kier molecular flexibility index (Phi) is 5.23. The molecule has 2 amide bonds. The van der Waals surface area contributed by atoms with E-state index in [0.717, 1.165) is 10.0 Å². The lowest BCUT2D eigenvalue weighted by atomic mass is 9.59. The van der Waals surface area contributed by atoms with Gasteiger partial charge >= 0.3 is 0 Å². The molecule has 0 spiro atoms. The molecule has 0 radical (unpaired) electrons. The molecule has 1 aliphatic heterocycles. The number of Topliss-reactive ketones (excluding diaryl/α,β-unsaturated/α-hetero) is 1. The highest BCUT2D eigenvalue weighted by atomic mass is 79.9. The molecule has 1 saturated heterocycles. The Labute approximate surface area is 216 Å². The first-order valence-electron chi connectivity index (χ1n) is 11.9. The lowest BCUT2D eigenvalue weighted by molar-refractivity contribution is -0.123. The third-order valence-corrected chi connectivity index (χ3v) is 8.38. The molecule has 1 N–H and O–H groups in total. The minimum absolute atomic E-state index is 0.0569. The normalized spacial score (nSPS) is 27.4. The summed E-state index contributed by atoms with van der Waals surface area (Å²) >= 11 is 3.39. The van der Waals surface area contributed by atoms with E-state index in [9.17, 15) is 24.3 Å². The van der Waals surface area contributed by atoms with Crippen LogP contribution in [-0.4, -0.2) is 28.5 Å². The van der Waals surface area contributed by atoms with Gasteiger partial charge in [0, 0.05) is 27.1 Å². The topological polar surface area (TPSA) is 91.8 Å². The van der Waals surface area contributed by atoms with Gasteiger partial charge in [0.15, 0.2) is 11.6 Å². The van der Waals surface area contributed by atoms with Crippen LogP contribution in [0.3, 0.4) is 0 Å². The summed E-state index contributed by atoms with van der Waals surface area (Å²) in [5.74, 6) is -2.97. The molecule has 2 aromatic carbocycles. The number of phenols is 1. The van der Waals surface area contributed by atoms with Crippen LogP contribution in [0.1, 0.15) is 31.2 Å². The second-order valence-electron chi connectivity index (χ2n) is 9.81. The Bertz CT molecular complexity index is 1460. The van der Waals surface area contributed by atoms with Gasteiger partial charge < -0.3 is 5.11 Å². The summed E-state index contributed by atoms with van der Waals surface area (Å²) in [7, 11) is 0. The quantitative estimate of drug-likeness (QED) is 0.334. The number of anilines is 1. The molecular weight excluding hydrogens is 522 g/mol. The van der Waals surface area contributed by atoms with Crippen molar-refractivity contribution in [1.29, 1.82) is 0 Å². The van der Waals surface area contributed by atoms with Crippen molar-refractivity contribution in [3.05, 3.63) is 93.0 Å². The number of aromatic hydroxyl groups is 1. The van der Waals surface area contributed by atoms with E-state index in [4.69, 9.17) is 0 Å². The lowest BCUT2D eigenvalue weighted by Crippen LogP contribution is -2.39. The summed E-state index contributed by atoms with van der Waals surface area (Å²) in [6, 6.07) is 13.7. The number of rotatable bonds is 2. The minimum atomic E-state index is -0.620. The number of fused-ring (bicyclic) bond motifs is 3. The van der Waals surface area contributed by atoms with Gasteiger partial charge in [0.05, 0.1) is 17.5 Å². The average molecular weight is 544 g/mol. The first-order chi connectivity index (χ1) is 17.3. The summed E-state index contributed by atoms with van der Waals surface area (Å²) in [5.41, 5.74) is 3.29. The van der Waals surface area contributed by atoms with Crippen molar-refractivity contribution in [3.8, 4) is 5.75 Å². The average Bonchev–Trinajstić information content (AvgIpc) is 3.12. The first-order valence-corrected chi connectivity index (χ1v) is 12.7. The van der Waals surface area contributed by atoms with Crippen LogP contribution < -0.4 is 4.90 Å². The summed E-state index contributed by atoms with van der Waals surface area (Å²) in [6.45, 7) is 1.64. The van der Waals surface area contributed by atoms with Crippen molar-refractivity contribution >= 4 is 45.0 Å². The Hall–Kier alpha value is -3.58. The number of allylic oxidation sites excluding steroid dienone is 6. The van der Waals surface area contributed by atoms with E-state index in [2.05, 4.69) is 15.9 Å². The number of carbonyl (C=O) groups is 4. The number of hydrogen-bond donors (Lipinski definition) is 1. The second kappa shape index (κ2) is 8.23. The Morgan fingerprint density at radius 2 is 1.72 bits per heavy atom. The number of hydrogen-bond acceptors (Lipinski definition) is 5. The molecule has 1 fully saturated rings. The van der Waals surface area contributed by atoms with Crippen LogP contribution in [0.2, 0.25) is 0 Å². The van der Waals surface area contributed by atoms with Crippen LogP contribution in [0, 0.1) is 17.8 Å². The predicted octanol–water partition coefficient (Wildman–Crippen LogP) is 4.79. The number of halogens is 1. The van der Waals surface area contributed by atoms with Gasteiger partial charge in [-0.05, 0) is 73.7 Å². The molecule has 0 unspecified atom stereocenters. The molecule has 36 heavy (non-hydrogen) atoms. The Balaban J connectivity index is 1.48. The highest BCUT2D eigenvalue weighted by Gasteiger charge is 2.56. The zero-order chi connectivity index (χ0) is 25.3. The number of ketones is 2. The minimum Gasteiger partial charge on any atom is -0.508 e. The predicted molar refractivity (Wildman–Crippen MR) is 136 cm³/mol. The molecule has 1 heterocycles. The molecule has 0 bridgehead atoms. The molecule has 0 aromatic heterocycles. The van der Waals surface area contributed by atoms with Crippen molar-refractivity contribution in [1.82, 2.24) is 0 Å². The van der Waals surface area contributed by atoms with Gasteiger partial charge in [0.2, 0.25) is 11.8 Å². The molecule has 6 nitrogen and oxygen atoms in total. The molecule has 2 aromatic rings. The van der Waals surface area contributed by atoms with Crippen LogP contribution in [0.4, 0.5) is 5.69 Å². The number of phenolic OH excluding ortho intramolecular Hbond substituents is 1. The van der Waals surface area contributed by atoms with Crippen molar-refractivity contribution in [3.63, 3.8) is 0 Å². The number of benzene rings is 2. The maximum atomic E-state index is 13.8. The van der Waals surface area contributed by atoms with Gasteiger partial charge in [-0.1, -0.05) is 39.7 Å². The zero-order valence-electron chi connectivity index (χ0n) is 19.4. The number of imide groups is 1. The maximum absolute atomic E-state index is 13.8. The van der Waals surface area contributed by atoms with E-state index >= 15 is 0 Å². The SMILES string of the molecule is CC1=CC(=O)C2=C(C1=O)[C@@H](c1cccc(O)c1)C1=CC[C@@H]3C(=O)N(c4ccc(Br)cc4)C(=O)[C@@H]3[C@@H]1C2. The standard InChI is InChI=1S/C29H22BrNO5/c1-14-11-23(33)22-13-21-19(24(26(22)27(14)34)15-3-2-4-18(32)12-15)9-10-20-25(21)29(36)31(28(20)35)17-7-5-16(30)6-8-17/h2-9,11-12,20-21,24-25,32H,10,13H2,1H3/t20-,21+,24-,25-/m0/s1. The van der Waals surface area contributed by atoms with Gasteiger partial charge in [-0.15, -0.1) is 0 Å². The Morgan fingerprint density at radius 3 is 2.44 bits per heavy atom. The van der Waals surface area contributed by atoms with E-state index < -0.39 is 23.7 Å². The second-order valence-corrected chi connectivity index (χ2v) is 10.7. The zero-order valence-corrected chi connectivity index (χ0v) is 21.0. The molecule has 3 aliphatic carbocycles. The summed E-state index contributed by atoms with van der Waals surface area (Å²) < 4.78 is 0.844.